The minimum absolute atomic E-state index is 0.144. The van der Waals surface area contributed by atoms with Crippen molar-refractivity contribution >= 4 is 21.8 Å². The first-order chi connectivity index (χ1) is 11.9. The van der Waals surface area contributed by atoms with E-state index < -0.39 is 10.0 Å². The molecule has 0 aliphatic carbocycles. The molecule has 1 heterocycles. The maximum absolute atomic E-state index is 12.5. The molecule has 0 saturated heterocycles. The molecule has 0 amide bonds. The molecule has 2 aromatic rings. The summed E-state index contributed by atoms with van der Waals surface area (Å²) in [6.07, 6.45) is 0. The van der Waals surface area contributed by atoms with Crippen molar-refractivity contribution < 1.29 is 8.42 Å². The van der Waals surface area contributed by atoms with Gasteiger partial charge in [0.1, 0.15) is 0 Å². The number of nitrogens with one attached hydrogen (secondary N) is 1. The minimum atomic E-state index is -3.83. The number of sulfonamides is 1. The van der Waals surface area contributed by atoms with Crippen LogP contribution < -0.4 is 5.43 Å². The number of hydrazine groups is 1. The van der Waals surface area contributed by atoms with E-state index in [1.807, 2.05) is 37.3 Å². The van der Waals surface area contributed by atoms with Crippen molar-refractivity contribution in [2.24, 2.45) is 9.50 Å². The Hall–Kier alpha value is -2.87. The van der Waals surface area contributed by atoms with E-state index in [0.717, 1.165) is 11.1 Å². The molecule has 1 aliphatic heterocycles. The van der Waals surface area contributed by atoms with Gasteiger partial charge < -0.3 is 0 Å². The Balaban J connectivity index is 1.94. The van der Waals surface area contributed by atoms with Crippen molar-refractivity contribution in [2.75, 3.05) is 14.1 Å². The lowest BCUT2D eigenvalue weighted by molar-refractivity contribution is 0.341. The maximum Gasteiger partial charge on any atom is 0.285 e. The van der Waals surface area contributed by atoms with Gasteiger partial charge in [-0.05, 0) is 19.1 Å². The fraction of sp³-hybridized carbons (Fsp3) is 0.176. The molecular weight excluding hydrogens is 338 g/mol. The number of amidine groups is 1. The van der Waals surface area contributed by atoms with Crippen molar-refractivity contribution in [3.8, 4) is 0 Å². The van der Waals surface area contributed by atoms with Gasteiger partial charge in [-0.25, -0.2) is 5.01 Å². The van der Waals surface area contributed by atoms with Crippen LogP contribution >= 0.6 is 0 Å². The third-order valence-corrected chi connectivity index (χ3v) is 4.95. The molecular formula is C17H19N5O2S. The van der Waals surface area contributed by atoms with Crippen LogP contribution in [-0.4, -0.2) is 44.3 Å². The molecule has 25 heavy (non-hydrogen) atoms. The highest BCUT2D eigenvalue weighted by atomic mass is 32.2. The zero-order valence-electron chi connectivity index (χ0n) is 14.2. The maximum atomic E-state index is 12.5. The molecule has 0 aromatic heterocycles. The lowest BCUT2D eigenvalue weighted by Crippen LogP contribution is -2.53. The zero-order valence-corrected chi connectivity index (χ0v) is 15.0. The number of hydrogen-bond acceptors (Lipinski definition) is 4. The first-order valence-electron chi connectivity index (χ1n) is 7.66. The van der Waals surface area contributed by atoms with Gasteiger partial charge in [-0.15, -0.1) is 4.40 Å². The van der Waals surface area contributed by atoms with Crippen LogP contribution in [0.3, 0.4) is 0 Å². The van der Waals surface area contributed by atoms with Crippen LogP contribution in [0.15, 0.2) is 69.0 Å². The number of benzene rings is 2. The number of hydrazone groups is 1. The molecule has 130 valence electrons. The van der Waals surface area contributed by atoms with Crippen molar-refractivity contribution in [2.45, 2.75) is 11.8 Å². The Morgan fingerprint density at radius 3 is 2.24 bits per heavy atom. The Morgan fingerprint density at radius 1 is 1.00 bits per heavy atom. The number of nitrogens with zero attached hydrogens (tertiary/aromatic N) is 4. The number of rotatable bonds is 3. The summed E-state index contributed by atoms with van der Waals surface area (Å²) in [7, 11) is -0.481. The first kappa shape index (κ1) is 17.0. The standard InChI is InChI=1S/C17H19N5O2S/c1-13-9-11-15(12-10-13)25(23,24)20-17-21(2)18-16(19-22(17)3)14-7-5-4-6-8-14/h4-12H,1-3H3,(H,18,19). The van der Waals surface area contributed by atoms with Crippen LogP contribution in [0.1, 0.15) is 11.1 Å². The molecule has 0 unspecified atom stereocenters. The molecule has 0 fully saturated rings. The predicted octanol–water partition coefficient (Wildman–Crippen LogP) is 1.78. The summed E-state index contributed by atoms with van der Waals surface area (Å²) in [6.45, 7) is 1.90. The summed E-state index contributed by atoms with van der Waals surface area (Å²) in [5.41, 5.74) is 4.92. The van der Waals surface area contributed by atoms with E-state index in [0.29, 0.717) is 5.84 Å². The molecule has 7 nitrogen and oxygen atoms in total. The summed E-state index contributed by atoms with van der Waals surface area (Å²) in [4.78, 5) is 0.144. The first-order valence-corrected chi connectivity index (χ1v) is 9.10. The van der Waals surface area contributed by atoms with Crippen LogP contribution in [0.5, 0.6) is 0 Å². The van der Waals surface area contributed by atoms with E-state index in [4.69, 9.17) is 0 Å². The second kappa shape index (κ2) is 6.56. The van der Waals surface area contributed by atoms with E-state index in [2.05, 4.69) is 14.9 Å². The van der Waals surface area contributed by atoms with Crippen molar-refractivity contribution in [3.63, 3.8) is 0 Å². The number of guanidine groups is 1. The normalized spacial score (nSPS) is 16.6. The lowest BCUT2D eigenvalue weighted by atomic mass is 10.2. The third kappa shape index (κ3) is 3.63. The van der Waals surface area contributed by atoms with E-state index in [1.165, 1.54) is 10.0 Å². The summed E-state index contributed by atoms with van der Waals surface area (Å²) >= 11 is 0. The average molecular weight is 357 g/mol. The van der Waals surface area contributed by atoms with Gasteiger partial charge in [-0.1, -0.05) is 48.0 Å². The summed E-state index contributed by atoms with van der Waals surface area (Å²) < 4.78 is 29.0. The summed E-state index contributed by atoms with van der Waals surface area (Å²) in [5, 5.41) is 7.34. The smallest absolute Gasteiger partial charge is 0.277 e. The average Bonchev–Trinajstić information content (AvgIpc) is 2.59. The Labute approximate surface area is 147 Å². The minimum Gasteiger partial charge on any atom is -0.277 e. The largest absolute Gasteiger partial charge is 0.285 e. The highest BCUT2D eigenvalue weighted by Gasteiger charge is 2.24. The molecule has 0 saturated carbocycles. The van der Waals surface area contributed by atoms with Crippen molar-refractivity contribution in [1.29, 1.82) is 0 Å². The van der Waals surface area contributed by atoms with Gasteiger partial charge >= 0.3 is 0 Å². The van der Waals surface area contributed by atoms with Gasteiger partial charge in [0, 0.05) is 19.7 Å². The van der Waals surface area contributed by atoms with Gasteiger partial charge in [-0.3, -0.25) is 10.4 Å². The fourth-order valence-corrected chi connectivity index (χ4v) is 3.39. The van der Waals surface area contributed by atoms with Gasteiger partial charge in [0.15, 0.2) is 5.84 Å². The zero-order chi connectivity index (χ0) is 18.0. The lowest BCUT2D eigenvalue weighted by Gasteiger charge is -2.32. The van der Waals surface area contributed by atoms with Crippen LogP contribution in [0, 0.1) is 6.92 Å². The molecule has 0 spiro atoms. The Bertz CT molecular complexity index is 921. The number of hydrogen-bond donors (Lipinski definition) is 1. The predicted molar refractivity (Wildman–Crippen MR) is 97.4 cm³/mol. The van der Waals surface area contributed by atoms with Crippen LogP contribution in [0.4, 0.5) is 0 Å². The molecule has 2 aromatic carbocycles. The Morgan fingerprint density at radius 2 is 1.64 bits per heavy atom. The summed E-state index contributed by atoms with van der Waals surface area (Å²) in [6, 6.07) is 16.1. The third-order valence-electron chi connectivity index (χ3n) is 3.68. The van der Waals surface area contributed by atoms with Crippen LogP contribution in [-0.2, 0) is 10.0 Å². The summed E-state index contributed by atoms with van der Waals surface area (Å²) in [5.74, 6) is 0.789. The molecule has 1 aliphatic rings. The van der Waals surface area contributed by atoms with Gasteiger partial charge in [-0.2, -0.15) is 13.5 Å². The van der Waals surface area contributed by atoms with Crippen LogP contribution in [0.25, 0.3) is 0 Å². The fourth-order valence-electron chi connectivity index (χ4n) is 2.35. The van der Waals surface area contributed by atoms with Gasteiger partial charge in [0.2, 0.25) is 0 Å². The van der Waals surface area contributed by atoms with E-state index in [9.17, 15) is 8.42 Å². The highest BCUT2D eigenvalue weighted by Crippen LogP contribution is 2.15. The highest BCUT2D eigenvalue weighted by molar-refractivity contribution is 7.90. The molecule has 8 heteroatoms. The van der Waals surface area contributed by atoms with Crippen molar-refractivity contribution in [3.05, 3.63) is 65.7 Å². The Kier molecular flexibility index (Phi) is 4.45. The van der Waals surface area contributed by atoms with E-state index >= 15 is 0 Å². The SMILES string of the molecule is Cc1ccc(S(=O)(=O)/N=C2\N(C)N=C(c3ccccc3)NN2C)cc1. The molecule has 0 radical (unpaired) electrons. The second-order valence-electron chi connectivity index (χ2n) is 5.69. The van der Waals surface area contributed by atoms with Gasteiger partial charge in [0.25, 0.3) is 16.0 Å². The van der Waals surface area contributed by atoms with Crippen LogP contribution in [0.2, 0.25) is 0 Å². The van der Waals surface area contributed by atoms with E-state index in [1.54, 1.807) is 38.4 Å². The topological polar surface area (TPSA) is 77.4 Å². The quantitative estimate of drug-likeness (QED) is 0.906. The molecule has 0 bridgehead atoms. The van der Waals surface area contributed by atoms with E-state index in [-0.39, 0.29) is 10.9 Å². The molecule has 1 N–H and O–H groups in total. The molecule has 0 atom stereocenters. The van der Waals surface area contributed by atoms with Crippen molar-refractivity contribution in [1.82, 2.24) is 15.4 Å². The monoisotopic (exact) mass is 357 g/mol. The second-order valence-corrected chi connectivity index (χ2v) is 7.29. The van der Waals surface area contributed by atoms with Gasteiger partial charge in [0.05, 0.1) is 4.90 Å². The molecule has 3 rings (SSSR count). The number of aryl methyl sites for hydroxylation is 1.